The minimum atomic E-state index is -1.05. The smallest absolute Gasteiger partial charge is 0.162 e. The van der Waals surface area contributed by atoms with Crippen molar-refractivity contribution in [3.05, 3.63) is 18.2 Å². The third-order valence-corrected chi connectivity index (χ3v) is 5.58. The highest BCUT2D eigenvalue weighted by atomic mass is 32.2. The quantitative estimate of drug-likeness (QED) is 0.898. The predicted molar refractivity (Wildman–Crippen MR) is 74.1 cm³/mol. The van der Waals surface area contributed by atoms with Crippen LogP contribution in [0.2, 0.25) is 0 Å². The maximum Gasteiger partial charge on any atom is 0.162 e. The monoisotopic (exact) mass is 281 g/mol. The van der Waals surface area contributed by atoms with Crippen LogP contribution in [0.1, 0.15) is 25.7 Å². The number of hydrogen-bond acceptors (Lipinski definition) is 4. The molecule has 1 saturated carbocycles. The molecule has 0 spiro atoms. The lowest BCUT2D eigenvalue weighted by molar-refractivity contribution is 0.297. The van der Waals surface area contributed by atoms with E-state index in [-0.39, 0.29) is 11.3 Å². The molecule has 1 fully saturated rings. The van der Waals surface area contributed by atoms with Crippen LogP contribution >= 0.6 is 0 Å². The lowest BCUT2D eigenvalue weighted by Gasteiger charge is -2.16. The Morgan fingerprint density at radius 3 is 2.63 bits per heavy atom. The van der Waals surface area contributed by atoms with Crippen molar-refractivity contribution in [3.63, 3.8) is 0 Å². The highest BCUT2D eigenvalue weighted by Crippen LogP contribution is 2.34. The molecule has 0 saturated heterocycles. The summed E-state index contributed by atoms with van der Waals surface area (Å²) in [6, 6.07) is 5.63. The Hall–Kier alpha value is -1.07. The van der Waals surface area contributed by atoms with Gasteiger partial charge in [0.15, 0.2) is 11.5 Å². The molecule has 1 aliphatic heterocycles. The van der Waals surface area contributed by atoms with Crippen molar-refractivity contribution in [2.24, 2.45) is 5.73 Å². The van der Waals surface area contributed by atoms with E-state index in [0.717, 1.165) is 36.3 Å². The fraction of sp³-hybridized carbons (Fsp3) is 0.571. The Kier molecular flexibility index (Phi) is 3.75. The fourth-order valence-electron chi connectivity index (χ4n) is 2.66. The zero-order valence-corrected chi connectivity index (χ0v) is 11.7. The number of rotatable bonds is 2. The van der Waals surface area contributed by atoms with Gasteiger partial charge < -0.3 is 15.2 Å². The second-order valence-electron chi connectivity index (χ2n) is 5.09. The van der Waals surface area contributed by atoms with Crippen LogP contribution in [-0.2, 0) is 10.8 Å². The van der Waals surface area contributed by atoms with Crippen LogP contribution in [0.15, 0.2) is 23.1 Å². The Bertz CT molecular complexity index is 492. The molecule has 3 atom stereocenters. The van der Waals surface area contributed by atoms with Gasteiger partial charge in [-0.1, -0.05) is 6.42 Å². The molecule has 3 rings (SSSR count). The van der Waals surface area contributed by atoms with Crippen molar-refractivity contribution in [3.8, 4) is 11.5 Å². The largest absolute Gasteiger partial charge is 0.490 e. The molecule has 104 valence electrons. The van der Waals surface area contributed by atoms with Crippen LogP contribution in [0.4, 0.5) is 0 Å². The molecule has 1 heterocycles. The molecule has 5 heteroatoms. The van der Waals surface area contributed by atoms with Crippen LogP contribution < -0.4 is 15.2 Å². The minimum absolute atomic E-state index is 0.0526. The summed E-state index contributed by atoms with van der Waals surface area (Å²) in [6.45, 7) is 1.31. The van der Waals surface area contributed by atoms with E-state index >= 15 is 0 Å². The summed E-state index contributed by atoms with van der Waals surface area (Å²) in [6.07, 6.45) is 3.87. The van der Waals surface area contributed by atoms with Crippen molar-refractivity contribution in [1.29, 1.82) is 0 Å². The molecule has 4 nitrogen and oxygen atoms in total. The third-order valence-electron chi connectivity index (χ3n) is 3.73. The van der Waals surface area contributed by atoms with Gasteiger partial charge in [0.1, 0.15) is 0 Å². The van der Waals surface area contributed by atoms with Gasteiger partial charge in [-0.25, -0.2) is 0 Å². The first kappa shape index (κ1) is 12.9. The average molecular weight is 281 g/mol. The van der Waals surface area contributed by atoms with Gasteiger partial charge in [0.25, 0.3) is 0 Å². The number of nitrogens with two attached hydrogens (primary N) is 1. The second kappa shape index (κ2) is 5.51. The van der Waals surface area contributed by atoms with Gasteiger partial charge in [0.2, 0.25) is 0 Å². The SMILES string of the molecule is NC1CCCC1S(=O)c1ccc2c(c1)OCCCO2. The normalized spacial score (nSPS) is 27.8. The minimum Gasteiger partial charge on any atom is -0.490 e. The maximum absolute atomic E-state index is 12.6. The number of ether oxygens (including phenoxy) is 2. The summed E-state index contributed by atoms with van der Waals surface area (Å²) in [4.78, 5) is 0.798. The van der Waals surface area contributed by atoms with Crippen molar-refractivity contribution < 1.29 is 13.7 Å². The standard InChI is InChI=1S/C14H19NO3S/c15-11-3-1-4-14(11)19(16)10-5-6-12-13(9-10)18-8-2-7-17-12/h5-6,9,11,14H,1-4,7-8,15H2. The van der Waals surface area contributed by atoms with Crippen LogP contribution in [-0.4, -0.2) is 28.7 Å². The van der Waals surface area contributed by atoms with Crippen molar-refractivity contribution in [2.45, 2.75) is 41.9 Å². The Morgan fingerprint density at radius 1 is 1.11 bits per heavy atom. The lowest BCUT2D eigenvalue weighted by atomic mass is 10.3. The molecule has 1 aromatic carbocycles. The molecule has 3 unspecified atom stereocenters. The van der Waals surface area contributed by atoms with Crippen molar-refractivity contribution in [2.75, 3.05) is 13.2 Å². The fourth-order valence-corrected chi connectivity index (χ4v) is 4.27. The summed E-state index contributed by atoms with van der Waals surface area (Å²) in [7, 11) is -1.05. The molecule has 1 aromatic rings. The van der Waals surface area contributed by atoms with Gasteiger partial charge >= 0.3 is 0 Å². The van der Waals surface area contributed by atoms with Gasteiger partial charge in [-0.3, -0.25) is 4.21 Å². The molecule has 0 amide bonds. The van der Waals surface area contributed by atoms with Gasteiger partial charge in [0, 0.05) is 23.4 Å². The van der Waals surface area contributed by atoms with Gasteiger partial charge in [-0.2, -0.15) is 0 Å². The summed E-state index contributed by atoms with van der Waals surface area (Å²) in [5.41, 5.74) is 6.03. The third kappa shape index (κ3) is 2.62. The maximum atomic E-state index is 12.6. The molecule has 2 aliphatic rings. The van der Waals surface area contributed by atoms with E-state index in [2.05, 4.69) is 0 Å². The Morgan fingerprint density at radius 2 is 1.89 bits per heavy atom. The summed E-state index contributed by atoms with van der Waals surface area (Å²) >= 11 is 0. The molecule has 0 aromatic heterocycles. The van der Waals surface area contributed by atoms with E-state index in [1.807, 2.05) is 18.2 Å². The highest BCUT2D eigenvalue weighted by Gasteiger charge is 2.30. The van der Waals surface area contributed by atoms with Crippen LogP contribution in [0.5, 0.6) is 11.5 Å². The molecule has 2 N–H and O–H groups in total. The first-order valence-electron chi connectivity index (χ1n) is 6.81. The summed E-state index contributed by atoms with van der Waals surface area (Å²) in [5.74, 6) is 1.45. The summed E-state index contributed by atoms with van der Waals surface area (Å²) < 4.78 is 23.8. The van der Waals surface area contributed by atoms with Crippen molar-refractivity contribution >= 4 is 10.8 Å². The van der Waals surface area contributed by atoms with E-state index in [4.69, 9.17) is 15.2 Å². The van der Waals surface area contributed by atoms with E-state index in [9.17, 15) is 4.21 Å². The molecular weight excluding hydrogens is 262 g/mol. The topological polar surface area (TPSA) is 61.6 Å². The molecule has 0 radical (unpaired) electrons. The van der Waals surface area contributed by atoms with Crippen LogP contribution in [0.25, 0.3) is 0 Å². The van der Waals surface area contributed by atoms with Gasteiger partial charge in [-0.05, 0) is 25.0 Å². The van der Waals surface area contributed by atoms with E-state index < -0.39 is 10.8 Å². The first-order chi connectivity index (χ1) is 9.25. The Balaban J connectivity index is 1.85. The number of fused-ring (bicyclic) bond motifs is 1. The molecule has 19 heavy (non-hydrogen) atoms. The first-order valence-corrected chi connectivity index (χ1v) is 8.03. The van der Waals surface area contributed by atoms with Crippen LogP contribution in [0.3, 0.4) is 0 Å². The van der Waals surface area contributed by atoms with E-state index in [1.165, 1.54) is 0 Å². The lowest BCUT2D eigenvalue weighted by Crippen LogP contribution is -2.32. The zero-order valence-electron chi connectivity index (χ0n) is 10.8. The van der Waals surface area contributed by atoms with Gasteiger partial charge in [-0.15, -0.1) is 0 Å². The van der Waals surface area contributed by atoms with E-state index in [0.29, 0.717) is 19.0 Å². The zero-order chi connectivity index (χ0) is 13.2. The predicted octanol–water partition coefficient (Wildman–Crippen LogP) is 1.84. The van der Waals surface area contributed by atoms with Gasteiger partial charge in [0.05, 0.1) is 29.3 Å². The average Bonchev–Trinajstić information content (AvgIpc) is 2.72. The summed E-state index contributed by atoms with van der Waals surface area (Å²) in [5, 5.41) is 0.0738. The van der Waals surface area contributed by atoms with Crippen LogP contribution in [0, 0.1) is 0 Å². The highest BCUT2D eigenvalue weighted by molar-refractivity contribution is 7.85. The Labute approximate surface area is 115 Å². The molecule has 0 bridgehead atoms. The van der Waals surface area contributed by atoms with E-state index in [1.54, 1.807) is 0 Å². The molecule has 1 aliphatic carbocycles. The van der Waals surface area contributed by atoms with Crippen molar-refractivity contribution in [1.82, 2.24) is 0 Å². The molecular formula is C14H19NO3S. The number of benzene rings is 1. The number of hydrogen-bond donors (Lipinski definition) is 1. The second-order valence-corrected chi connectivity index (χ2v) is 6.76.